The van der Waals surface area contributed by atoms with Crippen LogP contribution < -0.4 is 5.32 Å². The highest BCUT2D eigenvalue weighted by Crippen LogP contribution is 2.24. The molecule has 1 N–H and O–H groups in total. The molecule has 0 aliphatic carbocycles. The summed E-state index contributed by atoms with van der Waals surface area (Å²) in [5.41, 5.74) is 0.216. The Labute approximate surface area is 112 Å². The first-order valence-electron chi connectivity index (χ1n) is 6.41. The Morgan fingerprint density at radius 3 is 3.11 bits per heavy atom. The summed E-state index contributed by atoms with van der Waals surface area (Å²) < 4.78 is 1.73. The predicted molar refractivity (Wildman–Crippen MR) is 75.9 cm³/mol. The smallest absolute Gasteiger partial charge is 0.156 e. The lowest BCUT2D eigenvalue weighted by atomic mass is 9.96. The van der Waals surface area contributed by atoms with Gasteiger partial charge in [0.1, 0.15) is 6.33 Å². The fourth-order valence-electron chi connectivity index (χ4n) is 1.84. The Morgan fingerprint density at radius 1 is 1.61 bits per heavy atom. The Balaban J connectivity index is 1.85. The van der Waals surface area contributed by atoms with Gasteiger partial charge in [-0.2, -0.15) is 5.10 Å². The van der Waals surface area contributed by atoms with E-state index in [1.165, 1.54) is 6.42 Å². The molecular weight excluding hydrogens is 246 g/mol. The van der Waals surface area contributed by atoms with Crippen LogP contribution in [0.2, 0.25) is 0 Å². The first-order valence-corrected chi connectivity index (χ1v) is 7.40. The van der Waals surface area contributed by atoms with Gasteiger partial charge in [0.05, 0.1) is 0 Å². The van der Waals surface area contributed by atoms with E-state index in [0.717, 1.165) is 36.1 Å². The number of aliphatic imine (C=N–C) groups is 1. The minimum atomic E-state index is 0.216. The van der Waals surface area contributed by atoms with Crippen molar-refractivity contribution in [3.63, 3.8) is 0 Å². The molecule has 2 rings (SSSR count). The maximum Gasteiger partial charge on any atom is 0.156 e. The number of hydrogen-bond acceptors (Lipinski definition) is 4. The van der Waals surface area contributed by atoms with Gasteiger partial charge in [-0.05, 0) is 19.8 Å². The van der Waals surface area contributed by atoms with E-state index < -0.39 is 0 Å². The highest BCUT2D eigenvalue weighted by Gasteiger charge is 2.27. The molecule has 1 aliphatic rings. The lowest BCUT2D eigenvalue weighted by Gasteiger charge is -2.35. The Hall–Kier alpha value is -1.04. The van der Waals surface area contributed by atoms with Crippen molar-refractivity contribution in [2.45, 2.75) is 38.6 Å². The van der Waals surface area contributed by atoms with Gasteiger partial charge in [-0.25, -0.2) is 4.98 Å². The number of amidine groups is 1. The van der Waals surface area contributed by atoms with Crippen molar-refractivity contribution in [2.24, 2.45) is 12.0 Å². The van der Waals surface area contributed by atoms with Crippen LogP contribution >= 0.6 is 11.8 Å². The third-order valence-corrected chi connectivity index (χ3v) is 4.23. The van der Waals surface area contributed by atoms with Crippen LogP contribution in [-0.4, -0.2) is 37.8 Å². The van der Waals surface area contributed by atoms with Gasteiger partial charge in [0.25, 0.3) is 0 Å². The number of nitrogens with one attached hydrogen (secondary N) is 1. The number of aryl methyl sites for hydroxylation is 1. The molecule has 0 amide bonds. The highest BCUT2D eigenvalue weighted by atomic mass is 32.2. The Bertz CT molecular complexity index is 428. The number of aromatic nitrogens is 3. The molecule has 0 bridgehead atoms. The second-order valence-corrected chi connectivity index (χ2v) is 5.99. The third-order valence-electron chi connectivity index (χ3n) is 3.32. The fraction of sp³-hybridized carbons (Fsp3) is 0.750. The zero-order chi connectivity index (χ0) is 13.0. The van der Waals surface area contributed by atoms with E-state index in [4.69, 9.17) is 0 Å². The monoisotopic (exact) mass is 267 g/mol. The van der Waals surface area contributed by atoms with Gasteiger partial charge in [-0.15, -0.1) is 0 Å². The van der Waals surface area contributed by atoms with Crippen LogP contribution in [-0.2, 0) is 13.5 Å². The van der Waals surface area contributed by atoms with E-state index in [1.807, 2.05) is 18.8 Å². The van der Waals surface area contributed by atoms with Crippen LogP contribution in [0.5, 0.6) is 0 Å². The van der Waals surface area contributed by atoms with Gasteiger partial charge in [-0.1, -0.05) is 18.7 Å². The molecule has 0 aromatic carbocycles. The summed E-state index contributed by atoms with van der Waals surface area (Å²) in [7, 11) is 1.88. The second kappa shape index (κ2) is 5.73. The summed E-state index contributed by atoms with van der Waals surface area (Å²) in [5.74, 6) is 2.01. The molecule has 1 aromatic heterocycles. The van der Waals surface area contributed by atoms with Crippen molar-refractivity contribution in [3.05, 3.63) is 12.2 Å². The molecule has 0 spiro atoms. The van der Waals surface area contributed by atoms with Gasteiger partial charge in [0.15, 0.2) is 11.0 Å². The summed E-state index contributed by atoms with van der Waals surface area (Å²) in [6.45, 7) is 5.24. The first-order chi connectivity index (χ1) is 8.61. The van der Waals surface area contributed by atoms with Gasteiger partial charge in [0, 0.05) is 31.3 Å². The number of thioether (sulfide) groups is 1. The summed E-state index contributed by atoms with van der Waals surface area (Å²) in [5, 5.41) is 8.86. The van der Waals surface area contributed by atoms with E-state index in [1.54, 1.807) is 11.0 Å². The molecule has 1 fully saturated rings. The second-order valence-electron chi connectivity index (χ2n) is 4.91. The molecule has 0 radical (unpaired) electrons. The third kappa shape index (κ3) is 3.48. The average Bonchev–Trinajstić information content (AvgIpc) is 2.75. The molecule has 0 saturated carbocycles. The van der Waals surface area contributed by atoms with Crippen LogP contribution in [0.15, 0.2) is 11.3 Å². The Kier molecular flexibility index (Phi) is 4.27. The number of nitrogens with zero attached hydrogens (tertiary/aromatic N) is 4. The van der Waals surface area contributed by atoms with E-state index in [2.05, 4.69) is 34.2 Å². The number of hydrogen-bond donors (Lipinski definition) is 1. The molecule has 1 saturated heterocycles. The normalized spacial score (nSPS) is 26.3. The van der Waals surface area contributed by atoms with Crippen molar-refractivity contribution in [3.8, 4) is 0 Å². The zero-order valence-corrected chi connectivity index (χ0v) is 12.1. The molecule has 1 aromatic rings. The highest BCUT2D eigenvalue weighted by molar-refractivity contribution is 8.13. The van der Waals surface area contributed by atoms with Crippen molar-refractivity contribution in [1.82, 2.24) is 20.1 Å². The van der Waals surface area contributed by atoms with Crippen molar-refractivity contribution >= 4 is 16.9 Å². The zero-order valence-electron chi connectivity index (χ0n) is 11.3. The van der Waals surface area contributed by atoms with E-state index >= 15 is 0 Å². The topological polar surface area (TPSA) is 55.1 Å². The molecular formula is C12H21N5S. The van der Waals surface area contributed by atoms with E-state index in [9.17, 15) is 0 Å². The van der Waals surface area contributed by atoms with Crippen LogP contribution in [0.1, 0.15) is 32.5 Å². The van der Waals surface area contributed by atoms with Crippen LogP contribution in [0, 0.1) is 0 Å². The summed E-state index contributed by atoms with van der Waals surface area (Å²) >= 11 is 1.81. The molecule has 6 heteroatoms. The Morgan fingerprint density at radius 2 is 2.44 bits per heavy atom. The molecule has 2 heterocycles. The van der Waals surface area contributed by atoms with Crippen molar-refractivity contribution in [1.29, 1.82) is 0 Å². The average molecular weight is 267 g/mol. The minimum absolute atomic E-state index is 0.216. The maximum atomic E-state index is 4.61. The van der Waals surface area contributed by atoms with Crippen LogP contribution in [0.4, 0.5) is 0 Å². The van der Waals surface area contributed by atoms with Gasteiger partial charge < -0.3 is 5.32 Å². The van der Waals surface area contributed by atoms with E-state index in [0.29, 0.717) is 0 Å². The predicted octanol–water partition coefficient (Wildman–Crippen LogP) is 1.61. The SMILES string of the molecule is CCC1(C)CCSC(=NCCc2ncn(C)n2)N1. The summed E-state index contributed by atoms with van der Waals surface area (Å²) in [6, 6.07) is 0. The van der Waals surface area contributed by atoms with Gasteiger partial charge in [0.2, 0.25) is 0 Å². The summed E-state index contributed by atoms with van der Waals surface area (Å²) in [4.78, 5) is 8.81. The molecule has 100 valence electrons. The molecule has 1 aliphatic heterocycles. The quantitative estimate of drug-likeness (QED) is 0.900. The van der Waals surface area contributed by atoms with Crippen LogP contribution in [0.3, 0.4) is 0 Å². The van der Waals surface area contributed by atoms with Gasteiger partial charge >= 0.3 is 0 Å². The largest absolute Gasteiger partial charge is 0.360 e. The van der Waals surface area contributed by atoms with Crippen molar-refractivity contribution in [2.75, 3.05) is 12.3 Å². The first kappa shape index (κ1) is 13.4. The molecule has 18 heavy (non-hydrogen) atoms. The molecule has 1 atom stereocenters. The maximum absolute atomic E-state index is 4.61. The summed E-state index contributed by atoms with van der Waals surface area (Å²) in [6.07, 6.45) is 4.86. The minimum Gasteiger partial charge on any atom is -0.360 e. The lowest BCUT2D eigenvalue weighted by molar-refractivity contribution is 0.390. The van der Waals surface area contributed by atoms with E-state index in [-0.39, 0.29) is 5.54 Å². The van der Waals surface area contributed by atoms with Crippen molar-refractivity contribution < 1.29 is 0 Å². The molecule has 1 unspecified atom stereocenters. The fourth-order valence-corrected chi connectivity index (χ4v) is 3.08. The molecule has 5 nitrogen and oxygen atoms in total. The standard InChI is InChI=1S/C12H21N5S/c1-4-12(2)6-8-18-11(15-12)13-7-5-10-14-9-17(3)16-10/h9H,4-8H2,1-3H3,(H,13,15). The number of rotatable bonds is 4. The lowest BCUT2D eigenvalue weighted by Crippen LogP contribution is -2.48. The van der Waals surface area contributed by atoms with Crippen LogP contribution in [0.25, 0.3) is 0 Å². The van der Waals surface area contributed by atoms with Gasteiger partial charge in [-0.3, -0.25) is 9.67 Å².